The summed E-state index contributed by atoms with van der Waals surface area (Å²) in [4.78, 5) is 12.2. The number of allylic oxidation sites excluding steroid dienone is 2. The highest BCUT2D eigenvalue weighted by Crippen LogP contribution is 2.47. The van der Waals surface area contributed by atoms with Crippen molar-refractivity contribution in [3.05, 3.63) is 12.2 Å². The molecule has 6 atom stereocenters. The van der Waals surface area contributed by atoms with E-state index in [9.17, 15) is 4.79 Å². The van der Waals surface area contributed by atoms with Gasteiger partial charge in [0.1, 0.15) is 0 Å². The van der Waals surface area contributed by atoms with Gasteiger partial charge in [0.25, 0.3) is 0 Å². The van der Waals surface area contributed by atoms with Crippen LogP contribution < -0.4 is 0 Å². The molecule has 1 unspecified atom stereocenters. The van der Waals surface area contributed by atoms with Crippen LogP contribution in [0.25, 0.3) is 0 Å². The van der Waals surface area contributed by atoms with Crippen LogP contribution in [0.2, 0.25) is 0 Å². The van der Waals surface area contributed by atoms with Crippen molar-refractivity contribution in [3.8, 4) is 0 Å². The lowest BCUT2D eigenvalue weighted by molar-refractivity contribution is -0.153. The van der Waals surface area contributed by atoms with Gasteiger partial charge in [-0.2, -0.15) is 12.6 Å². The molecule has 2 aliphatic carbocycles. The first-order valence-electron chi connectivity index (χ1n) is 7.07. The van der Waals surface area contributed by atoms with E-state index in [1.807, 2.05) is 6.92 Å². The number of carbonyl (C=O) groups is 1. The molecule has 2 aliphatic rings. The van der Waals surface area contributed by atoms with Crippen LogP contribution in [0.4, 0.5) is 0 Å². The zero-order valence-electron chi connectivity index (χ0n) is 11.5. The van der Waals surface area contributed by atoms with Gasteiger partial charge in [-0.25, -0.2) is 0 Å². The molecule has 0 aromatic rings. The Bertz CT molecular complexity index is 339. The highest BCUT2D eigenvalue weighted by molar-refractivity contribution is 7.81. The normalized spacial score (nSPS) is 43.3. The fraction of sp³-hybridized carbons (Fsp3) is 0.800. The van der Waals surface area contributed by atoms with E-state index in [4.69, 9.17) is 17.4 Å². The minimum Gasteiger partial charge on any atom is -0.466 e. The van der Waals surface area contributed by atoms with Crippen LogP contribution in [0.15, 0.2) is 12.2 Å². The molecule has 0 spiro atoms. The van der Waals surface area contributed by atoms with Crippen molar-refractivity contribution in [2.24, 2.45) is 29.6 Å². The zero-order chi connectivity index (χ0) is 13.3. The van der Waals surface area contributed by atoms with Gasteiger partial charge in [-0.1, -0.05) is 26.0 Å². The summed E-state index contributed by atoms with van der Waals surface area (Å²) < 4.78 is 5.27. The first kappa shape index (κ1) is 14.0. The number of carbonyl (C=O) groups excluding carboxylic acids is 1. The third-order valence-corrected chi connectivity index (χ3v) is 5.01. The predicted molar refractivity (Wildman–Crippen MR) is 76.6 cm³/mol. The molecule has 0 saturated heterocycles. The molecule has 0 aliphatic heterocycles. The van der Waals surface area contributed by atoms with E-state index in [1.165, 1.54) is 6.42 Å². The fourth-order valence-electron chi connectivity index (χ4n) is 3.68. The topological polar surface area (TPSA) is 26.3 Å². The van der Waals surface area contributed by atoms with Crippen LogP contribution in [-0.2, 0) is 9.53 Å². The van der Waals surface area contributed by atoms with Gasteiger partial charge in [0.2, 0.25) is 0 Å². The molecule has 0 heterocycles. The van der Waals surface area contributed by atoms with Gasteiger partial charge in [0.15, 0.2) is 0 Å². The van der Waals surface area contributed by atoms with E-state index in [-0.39, 0.29) is 17.8 Å². The summed E-state index contributed by atoms with van der Waals surface area (Å²) in [5.74, 6) is 1.79. The van der Waals surface area contributed by atoms with Crippen molar-refractivity contribution >= 4 is 18.6 Å². The van der Waals surface area contributed by atoms with Gasteiger partial charge >= 0.3 is 5.97 Å². The van der Waals surface area contributed by atoms with Gasteiger partial charge in [-0.05, 0) is 43.4 Å². The Morgan fingerprint density at radius 3 is 2.72 bits per heavy atom. The highest BCUT2D eigenvalue weighted by Gasteiger charge is 2.45. The molecule has 2 nitrogen and oxygen atoms in total. The lowest BCUT2D eigenvalue weighted by Gasteiger charge is -2.45. The Labute approximate surface area is 116 Å². The molecule has 1 saturated carbocycles. The maximum Gasteiger partial charge on any atom is 0.309 e. The van der Waals surface area contributed by atoms with E-state index in [1.54, 1.807) is 0 Å². The Balaban J connectivity index is 2.22. The summed E-state index contributed by atoms with van der Waals surface area (Å²) in [5, 5.41) is 0.320. The number of hydrogen-bond acceptors (Lipinski definition) is 3. The molecule has 18 heavy (non-hydrogen) atoms. The summed E-state index contributed by atoms with van der Waals surface area (Å²) in [6.07, 6.45) is 6.80. The summed E-state index contributed by atoms with van der Waals surface area (Å²) in [6, 6.07) is 0. The van der Waals surface area contributed by atoms with Crippen molar-refractivity contribution < 1.29 is 9.53 Å². The number of fused-ring (bicyclic) bond motifs is 1. The van der Waals surface area contributed by atoms with Gasteiger partial charge < -0.3 is 4.74 Å². The summed E-state index contributed by atoms with van der Waals surface area (Å²) in [7, 11) is 0. The number of rotatable bonds is 2. The molecule has 1 fully saturated rings. The number of esters is 1. The molecule has 0 radical (unpaired) electrons. The molecule has 0 aromatic heterocycles. The van der Waals surface area contributed by atoms with Crippen LogP contribution in [-0.4, -0.2) is 17.8 Å². The molecule has 0 amide bonds. The van der Waals surface area contributed by atoms with Crippen molar-refractivity contribution in [2.75, 3.05) is 6.61 Å². The summed E-state index contributed by atoms with van der Waals surface area (Å²) in [6.45, 7) is 6.74. The SMILES string of the molecule is CCOC(=O)[C@@H]1[C@H]2C(S)C[C@@H](C)C[C@@H]2C=C[C@@H]1C. The van der Waals surface area contributed by atoms with E-state index >= 15 is 0 Å². The van der Waals surface area contributed by atoms with E-state index in [0.717, 1.165) is 6.42 Å². The maximum atomic E-state index is 12.2. The second kappa shape index (κ2) is 5.68. The fourth-order valence-corrected chi connectivity index (χ4v) is 4.45. The van der Waals surface area contributed by atoms with Crippen molar-refractivity contribution in [3.63, 3.8) is 0 Å². The van der Waals surface area contributed by atoms with Crippen molar-refractivity contribution in [1.82, 2.24) is 0 Å². The molecule has 0 N–H and O–H groups in total. The quantitative estimate of drug-likeness (QED) is 0.472. The zero-order valence-corrected chi connectivity index (χ0v) is 12.4. The van der Waals surface area contributed by atoms with E-state index < -0.39 is 0 Å². The second-order valence-electron chi connectivity index (χ2n) is 5.91. The molecular weight excluding hydrogens is 244 g/mol. The average molecular weight is 268 g/mol. The van der Waals surface area contributed by atoms with Gasteiger partial charge in [-0.15, -0.1) is 0 Å². The van der Waals surface area contributed by atoms with Gasteiger partial charge in [0, 0.05) is 5.25 Å². The molecule has 0 bridgehead atoms. The Kier molecular flexibility index (Phi) is 4.41. The van der Waals surface area contributed by atoms with E-state index in [2.05, 4.69) is 26.0 Å². The largest absolute Gasteiger partial charge is 0.466 e. The Hall–Kier alpha value is -0.440. The molecule has 102 valence electrons. The average Bonchev–Trinajstić information content (AvgIpc) is 2.29. The Morgan fingerprint density at radius 1 is 1.33 bits per heavy atom. The smallest absolute Gasteiger partial charge is 0.309 e. The summed E-state index contributed by atoms with van der Waals surface area (Å²) in [5.41, 5.74) is 0. The first-order chi connectivity index (χ1) is 8.54. The number of hydrogen-bond donors (Lipinski definition) is 1. The van der Waals surface area contributed by atoms with Crippen LogP contribution in [0.3, 0.4) is 0 Å². The van der Waals surface area contributed by atoms with E-state index in [0.29, 0.717) is 29.6 Å². The van der Waals surface area contributed by atoms with Gasteiger partial charge in [0.05, 0.1) is 12.5 Å². The van der Waals surface area contributed by atoms with Crippen molar-refractivity contribution in [1.29, 1.82) is 0 Å². The van der Waals surface area contributed by atoms with Crippen LogP contribution in [0, 0.1) is 29.6 Å². The second-order valence-corrected chi connectivity index (χ2v) is 6.57. The standard InChI is InChI=1S/C15H24O2S/c1-4-17-15(16)13-10(3)5-6-11-7-9(2)8-12(18)14(11)13/h5-6,9-14,18H,4,7-8H2,1-3H3/t9-,10-,11-,12?,13-,14+/m0/s1. The molecule has 3 heteroatoms. The summed E-state index contributed by atoms with van der Waals surface area (Å²) >= 11 is 4.76. The maximum absolute atomic E-state index is 12.2. The number of ether oxygens (including phenoxy) is 1. The van der Waals surface area contributed by atoms with Gasteiger partial charge in [-0.3, -0.25) is 4.79 Å². The molecule has 0 aromatic carbocycles. The van der Waals surface area contributed by atoms with Crippen LogP contribution in [0.5, 0.6) is 0 Å². The lowest BCUT2D eigenvalue weighted by Crippen LogP contribution is -2.45. The van der Waals surface area contributed by atoms with Crippen LogP contribution in [0.1, 0.15) is 33.6 Å². The van der Waals surface area contributed by atoms with Crippen LogP contribution >= 0.6 is 12.6 Å². The molecule has 2 rings (SSSR count). The first-order valence-corrected chi connectivity index (χ1v) is 7.59. The molecular formula is C15H24O2S. The lowest BCUT2D eigenvalue weighted by atomic mass is 9.63. The minimum absolute atomic E-state index is 0.00468. The Morgan fingerprint density at radius 2 is 2.06 bits per heavy atom. The third-order valence-electron chi connectivity index (χ3n) is 4.46. The monoisotopic (exact) mass is 268 g/mol. The highest BCUT2D eigenvalue weighted by atomic mass is 32.1. The predicted octanol–water partition coefficient (Wildman–Crippen LogP) is 3.33. The number of thiol groups is 1. The third kappa shape index (κ3) is 2.61. The minimum atomic E-state index is -0.0297. The van der Waals surface area contributed by atoms with Crippen molar-refractivity contribution in [2.45, 2.75) is 38.9 Å².